The van der Waals surface area contributed by atoms with Gasteiger partial charge in [-0.05, 0) is 30.7 Å². The lowest BCUT2D eigenvalue weighted by Crippen LogP contribution is -2.34. The summed E-state index contributed by atoms with van der Waals surface area (Å²) in [5, 5.41) is 23.3. The highest BCUT2D eigenvalue weighted by molar-refractivity contribution is 5.79. The fourth-order valence-electron chi connectivity index (χ4n) is 2.01. The molecule has 0 aliphatic carbocycles. The number of aryl methyl sites for hydroxylation is 1. The van der Waals surface area contributed by atoms with Crippen LogP contribution in [0.3, 0.4) is 0 Å². The number of benzene rings is 1. The number of nitrogens with one attached hydrogen (secondary N) is 1. The Labute approximate surface area is 117 Å². The number of aromatic nitrogens is 1. The summed E-state index contributed by atoms with van der Waals surface area (Å²) in [5.41, 5.74) is 2.37. The first-order chi connectivity index (χ1) is 9.47. The number of pyridine rings is 1. The molecular formula is C15H18N2O3. The van der Waals surface area contributed by atoms with Crippen LogP contribution in [0.1, 0.15) is 24.3 Å². The summed E-state index contributed by atoms with van der Waals surface area (Å²) >= 11 is 0. The Morgan fingerprint density at radius 1 is 1.30 bits per heavy atom. The van der Waals surface area contributed by atoms with Crippen molar-refractivity contribution in [2.45, 2.75) is 26.1 Å². The Morgan fingerprint density at radius 3 is 2.75 bits per heavy atom. The van der Waals surface area contributed by atoms with E-state index in [1.54, 1.807) is 12.1 Å². The van der Waals surface area contributed by atoms with Crippen molar-refractivity contribution < 1.29 is 15.0 Å². The number of aliphatic hydroxyl groups is 2. The average molecular weight is 274 g/mol. The Morgan fingerprint density at radius 2 is 2.05 bits per heavy atom. The highest BCUT2D eigenvalue weighted by atomic mass is 16.3. The fraction of sp³-hybridized carbons (Fsp3) is 0.333. The summed E-state index contributed by atoms with van der Waals surface area (Å²) in [6.45, 7) is 3.29. The number of carbonyl (C=O) groups is 1. The van der Waals surface area contributed by atoms with E-state index in [1.165, 1.54) is 6.92 Å². The molecule has 0 fully saturated rings. The first kappa shape index (κ1) is 14.4. The minimum Gasteiger partial charge on any atom is -0.388 e. The van der Waals surface area contributed by atoms with Crippen molar-refractivity contribution in [2.24, 2.45) is 0 Å². The van der Waals surface area contributed by atoms with Crippen molar-refractivity contribution >= 4 is 16.8 Å². The van der Waals surface area contributed by atoms with Crippen LogP contribution >= 0.6 is 0 Å². The van der Waals surface area contributed by atoms with Crippen LogP contribution in [0.2, 0.25) is 0 Å². The van der Waals surface area contributed by atoms with Gasteiger partial charge in [0.1, 0.15) is 12.2 Å². The molecule has 0 saturated carbocycles. The lowest BCUT2D eigenvalue weighted by molar-refractivity contribution is -0.119. The SMILES string of the molecule is CC(=O)NCC(O)C(O)c1ccc2nc(C)ccc2c1. The van der Waals surface area contributed by atoms with Crippen LogP contribution in [0.25, 0.3) is 10.9 Å². The normalized spacial score (nSPS) is 14.0. The molecule has 2 aromatic rings. The molecule has 5 heteroatoms. The van der Waals surface area contributed by atoms with Gasteiger partial charge in [-0.15, -0.1) is 0 Å². The van der Waals surface area contributed by atoms with Crippen LogP contribution < -0.4 is 5.32 Å². The van der Waals surface area contributed by atoms with Crippen LogP contribution in [-0.4, -0.2) is 33.8 Å². The molecule has 1 aromatic carbocycles. The molecule has 0 saturated heterocycles. The molecule has 1 heterocycles. The standard InChI is InChI=1S/C15H18N2O3/c1-9-3-4-11-7-12(5-6-13(11)17-9)15(20)14(19)8-16-10(2)18/h3-7,14-15,19-20H,8H2,1-2H3,(H,16,18). The summed E-state index contributed by atoms with van der Waals surface area (Å²) in [6.07, 6.45) is -2.10. The summed E-state index contributed by atoms with van der Waals surface area (Å²) in [5.74, 6) is -0.241. The Hall–Kier alpha value is -1.98. The van der Waals surface area contributed by atoms with Gasteiger partial charge in [0.2, 0.25) is 5.91 Å². The molecule has 106 valence electrons. The molecule has 0 spiro atoms. The minimum absolute atomic E-state index is 0.0146. The van der Waals surface area contributed by atoms with E-state index in [-0.39, 0.29) is 12.5 Å². The van der Waals surface area contributed by atoms with E-state index >= 15 is 0 Å². The molecule has 1 aromatic heterocycles. The summed E-state index contributed by atoms with van der Waals surface area (Å²) in [6, 6.07) is 9.16. The van der Waals surface area contributed by atoms with E-state index in [1.807, 2.05) is 25.1 Å². The minimum atomic E-state index is -1.05. The van der Waals surface area contributed by atoms with Crippen molar-refractivity contribution in [2.75, 3.05) is 6.54 Å². The number of hydrogen-bond acceptors (Lipinski definition) is 4. The first-order valence-electron chi connectivity index (χ1n) is 6.45. The Bertz CT molecular complexity index is 628. The molecule has 3 N–H and O–H groups in total. The van der Waals surface area contributed by atoms with E-state index in [0.29, 0.717) is 5.56 Å². The first-order valence-corrected chi connectivity index (χ1v) is 6.45. The number of nitrogens with zero attached hydrogens (tertiary/aromatic N) is 1. The molecule has 2 atom stereocenters. The van der Waals surface area contributed by atoms with Crippen LogP contribution in [0.15, 0.2) is 30.3 Å². The Balaban J connectivity index is 2.19. The zero-order chi connectivity index (χ0) is 14.7. The third kappa shape index (κ3) is 3.31. The van der Waals surface area contributed by atoms with Gasteiger partial charge in [0.25, 0.3) is 0 Å². The zero-order valence-electron chi connectivity index (χ0n) is 11.5. The second kappa shape index (κ2) is 5.98. The average Bonchev–Trinajstić information content (AvgIpc) is 2.43. The topological polar surface area (TPSA) is 82.5 Å². The van der Waals surface area contributed by atoms with Gasteiger partial charge in [0, 0.05) is 24.5 Å². The predicted molar refractivity (Wildman–Crippen MR) is 76.1 cm³/mol. The number of rotatable bonds is 4. The van der Waals surface area contributed by atoms with Crippen molar-refractivity contribution in [1.29, 1.82) is 0 Å². The second-order valence-electron chi connectivity index (χ2n) is 4.85. The van der Waals surface area contributed by atoms with Crippen LogP contribution in [0, 0.1) is 6.92 Å². The lowest BCUT2D eigenvalue weighted by Gasteiger charge is -2.18. The maximum Gasteiger partial charge on any atom is 0.216 e. The molecule has 0 bridgehead atoms. The maximum atomic E-state index is 10.8. The third-order valence-corrected chi connectivity index (χ3v) is 3.12. The van der Waals surface area contributed by atoms with Gasteiger partial charge in [-0.25, -0.2) is 0 Å². The fourth-order valence-corrected chi connectivity index (χ4v) is 2.01. The van der Waals surface area contributed by atoms with Crippen molar-refractivity contribution in [3.8, 4) is 0 Å². The second-order valence-corrected chi connectivity index (χ2v) is 4.85. The smallest absolute Gasteiger partial charge is 0.216 e. The molecule has 2 unspecified atom stereocenters. The zero-order valence-corrected chi connectivity index (χ0v) is 11.5. The molecular weight excluding hydrogens is 256 g/mol. The molecule has 0 aliphatic rings. The van der Waals surface area contributed by atoms with Gasteiger partial charge < -0.3 is 15.5 Å². The Kier molecular flexibility index (Phi) is 4.32. The lowest BCUT2D eigenvalue weighted by atomic mass is 10.0. The van der Waals surface area contributed by atoms with Crippen molar-refractivity contribution in [1.82, 2.24) is 10.3 Å². The molecule has 0 aliphatic heterocycles. The number of aliphatic hydroxyl groups excluding tert-OH is 2. The van der Waals surface area contributed by atoms with E-state index in [0.717, 1.165) is 16.6 Å². The van der Waals surface area contributed by atoms with Crippen molar-refractivity contribution in [3.63, 3.8) is 0 Å². The maximum absolute atomic E-state index is 10.8. The monoisotopic (exact) mass is 274 g/mol. The number of hydrogen-bond donors (Lipinski definition) is 3. The van der Waals surface area contributed by atoms with Gasteiger partial charge in [0.15, 0.2) is 0 Å². The van der Waals surface area contributed by atoms with Crippen molar-refractivity contribution in [3.05, 3.63) is 41.6 Å². The van der Waals surface area contributed by atoms with E-state index < -0.39 is 12.2 Å². The van der Waals surface area contributed by atoms with Gasteiger partial charge in [-0.2, -0.15) is 0 Å². The van der Waals surface area contributed by atoms with Gasteiger partial charge >= 0.3 is 0 Å². The third-order valence-electron chi connectivity index (χ3n) is 3.12. The number of fused-ring (bicyclic) bond motifs is 1. The van der Waals surface area contributed by atoms with Crippen LogP contribution in [-0.2, 0) is 4.79 Å². The van der Waals surface area contributed by atoms with Gasteiger partial charge in [0.05, 0.1) is 5.52 Å². The highest BCUT2D eigenvalue weighted by Crippen LogP contribution is 2.21. The molecule has 2 rings (SSSR count). The largest absolute Gasteiger partial charge is 0.388 e. The van der Waals surface area contributed by atoms with Crippen LogP contribution in [0.4, 0.5) is 0 Å². The summed E-state index contributed by atoms with van der Waals surface area (Å²) in [7, 11) is 0. The predicted octanol–water partition coefficient (Wildman–Crippen LogP) is 1.07. The molecule has 5 nitrogen and oxygen atoms in total. The van der Waals surface area contributed by atoms with Gasteiger partial charge in [-0.1, -0.05) is 12.1 Å². The molecule has 1 amide bonds. The summed E-state index contributed by atoms with van der Waals surface area (Å²) < 4.78 is 0. The number of carbonyl (C=O) groups excluding carboxylic acids is 1. The van der Waals surface area contributed by atoms with Gasteiger partial charge in [-0.3, -0.25) is 9.78 Å². The molecule has 20 heavy (non-hydrogen) atoms. The number of amides is 1. The molecule has 0 radical (unpaired) electrons. The summed E-state index contributed by atoms with van der Waals surface area (Å²) in [4.78, 5) is 15.2. The van der Waals surface area contributed by atoms with E-state index in [9.17, 15) is 15.0 Å². The highest BCUT2D eigenvalue weighted by Gasteiger charge is 2.18. The van der Waals surface area contributed by atoms with Crippen LogP contribution in [0.5, 0.6) is 0 Å². The van der Waals surface area contributed by atoms with E-state index in [4.69, 9.17) is 0 Å². The quantitative estimate of drug-likeness (QED) is 0.779. The van der Waals surface area contributed by atoms with E-state index in [2.05, 4.69) is 10.3 Å².